The van der Waals surface area contributed by atoms with E-state index < -0.39 is 0 Å². The number of hydrogen-bond donors (Lipinski definition) is 0. The van der Waals surface area contributed by atoms with E-state index in [1.807, 2.05) is 53.1 Å². The van der Waals surface area contributed by atoms with Crippen molar-refractivity contribution in [2.45, 2.75) is 25.5 Å². The zero-order valence-electron chi connectivity index (χ0n) is 22.2. The van der Waals surface area contributed by atoms with E-state index in [1.165, 1.54) is 16.9 Å². The first-order valence-electron chi connectivity index (χ1n) is 13.5. The van der Waals surface area contributed by atoms with Gasteiger partial charge in [-0.1, -0.05) is 95.7 Å². The highest BCUT2D eigenvalue weighted by atomic mass is 127. The van der Waals surface area contributed by atoms with Crippen molar-refractivity contribution >= 4 is 79.9 Å². The van der Waals surface area contributed by atoms with Gasteiger partial charge in [-0.15, -0.1) is 0 Å². The molecular weight excluding hydrogens is 790 g/mol. The average Bonchev–Trinajstić information content (AvgIpc) is 3.30. The maximum absolute atomic E-state index is 14.1. The lowest BCUT2D eigenvalue weighted by molar-refractivity contribution is 0.302. The van der Waals surface area contributed by atoms with Crippen LogP contribution in [0.2, 0.25) is 5.02 Å². The molecule has 0 saturated carbocycles. The number of halogens is 3. The maximum Gasteiger partial charge on any atom is 0.271 e. The van der Waals surface area contributed by atoms with Gasteiger partial charge >= 0.3 is 0 Å². The molecule has 2 heterocycles. The summed E-state index contributed by atoms with van der Waals surface area (Å²) >= 11 is 12.8. The first-order chi connectivity index (χ1) is 20.5. The van der Waals surface area contributed by atoms with Crippen LogP contribution >= 0.6 is 68.1 Å². The number of aromatic nitrogens is 1. The standard InChI is InChI=1S/C34H23ClI2N2O2S/c35-26-13-7-6-12-24(26)31-25-15-14-22-10-4-5-11-23(22)30(25)38-34-39(31)33(40)29(42-34)18-21-16-27(36)32(28(37)17-21)41-19-20-8-2-1-3-9-20/h1-13,16-18,31H,14-15,19H2/b29-18-/t31-/m0/s1. The van der Waals surface area contributed by atoms with Crippen molar-refractivity contribution in [1.29, 1.82) is 0 Å². The molecule has 0 bridgehead atoms. The quantitative estimate of drug-likeness (QED) is 0.171. The SMILES string of the molecule is O=c1/c(=C/c2cc(I)c(OCc3ccccc3)c(I)c2)sc2n1[C@@H](c1ccccc1Cl)C1=C(N=2)c2ccccc2CC1. The van der Waals surface area contributed by atoms with E-state index in [9.17, 15) is 4.79 Å². The van der Waals surface area contributed by atoms with E-state index in [-0.39, 0.29) is 11.6 Å². The molecule has 0 N–H and O–H groups in total. The van der Waals surface area contributed by atoms with Gasteiger partial charge in [0.1, 0.15) is 12.4 Å². The highest BCUT2D eigenvalue weighted by Gasteiger charge is 2.33. The molecule has 4 nitrogen and oxygen atoms in total. The number of allylic oxidation sites excluding steroid dienone is 1. The third-order valence-electron chi connectivity index (χ3n) is 7.62. The van der Waals surface area contributed by atoms with Crippen molar-refractivity contribution in [2.24, 2.45) is 4.99 Å². The van der Waals surface area contributed by atoms with Crippen LogP contribution in [0.3, 0.4) is 0 Å². The predicted molar refractivity (Wildman–Crippen MR) is 187 cm³/mol. The zero-order valence-corrected chi connectivity index (χ0v) is 28.1. The highest BCUT2D eigenvalue weighted by molar-refractivity contribution is 14.1. The van der Waals surface area contributed by atoms with E-state index in [2.05, 4.69) is 93.7 Å². The summed E-state index contributed by atoms with van der Waals surface area (Å²) < 4.78 is 10.7. The van der Waals surface area contributed by atoms with Gasteiger partial charge in [-0.2, -0.15) is 0 Å². The van der Waals surface area contributed by atoms with Crippen molar-refractivity contribution in [3.05, 3.63) is 156 Å². The summed E-state index contributed by atoms with van der Waals surface area (Å²) in [4.78, 5) is 19.9. The Morgan fingerprint density at radius 3 is 2.45 bits per heavy atom. The van der Waals surface area contributed by atoms with E-state index in [0.717, 1.165) is 59.3 Å². The lowest BCUT2D eigenvalue weighted by Crippen LogP contribution is -2.38. The third kappa shape index (κ3) is 5.18. The fourth-order valence-corrected chi connectivity index (χ4v) is 9.05. The van der Waals surface area contributed by atoms with E-state index in [4.69, 9.17) is 21.3 Å². The molecule has 7 rings (SSSR count). The van der Waals surface area contributed by atoms with Gasteiger partial charge in [0.25, 0.3) is 5.56 Å². The fraction of sp³-hybridized carbons (Fsp3) is 0.118. The summed E-state index contributed by atoms with van der Waals surface area (Å²) in [7, 11) is 0. The summed E-state index contributed by atoms with van der Waals surface area (Å²) in [5.74, 6) is 0.851. The van der Waals surface area contributed by atoms with Crippen LogP contribution in [0.25, 0.3) is 11.8 Å². The van der Waals surface area contributed by atoms with Crippen LogP contribution in [0.1, 0.15) is 40.3 Å². The summed E-state index contributed by atoms with van der Waals surface area (Å²) in [6.07, 6.45) is 3.71. The Labute approximate surface area is 279 Å². The topological polar surface area (TPSA) is 43.6 Å². The number of benzene rings is 4. The van der Waals surface area contributed by atoms with Gasteiger partial charge in [-0.3, -0.25) is 9.36 Å². The van der Waals surface area contributed by atoms with Crippen LogP contribution in [0.4, 0.5) is 0 Å². The Hall–Kier alpha value is -2.73. The molecule has 0 fully saturated rings. The van der Waals surface area contributed by atoms with E-state index in [0.29, 0.717) is 21.0 Å². The summed E-state index contributed by atoms with van der Waals surface area (Å²) in [5.41, 5.74) is 7.49. The molecule has 1 aromatic heterocycles. The van der Waals surface area contributed by atoms with Gasteiger partial charge in [-0.05, 0) is 110 Å². The van der Waals surface area contributed by atoms with Gasteiger partial charge in [0, 0.05) is 10.6 Å². The largest absolute Gasteiger partial charge is 0.487 e. The zero-order chi connectivity index (χ0) is 28.8. The van der Waals surface area contributed by atoms with E-state index >= 15 is 0 Å². The number of rotatable bonds is 5. The minimum atomic E-state index is -0.297. The molecule has 0 spiro atoms. The lowest BCUT2D eigenvalue weighted by Gasteiger charge is -2.31. The van der Waals surface area contributed by atoms with Gasteiger partial charge in [-0.25, -0.2) is 4.99 Å². The van der Waals surface area contributed by atoms with Crippen LogP contribution in [-0.4, -0.2) is 4.57 Å². The Kier molecular flexibility index (Phi) is 7.85. The van der Waals surface area contributed by atoms with Crippen LogP contribution in [0.5, 0.6) is 5.75 Å². The van der Waals surface area contributed by atoms with Crippen molar-refractivity contribution in [2.75, 3.05) is 0 Å². The smallest absolute Gasteiger partial charge is 0.271 e. The molecule has 1 aliphatic carbocycles. The molecule has 2 aliphatic rings. The Morgan fingerprint density at radius 2 is 1.67 bits per heavy atom. The third-order valence-corrected chi connectivity index (χ3v) is 10.5. The van der Waals surface area contributed by atoms with Crippen molar-refractivity contribution in [3.63, 3.8) is 0 Å². The molecule has 208 valence electrons. The summed E-state index contributed by atoms with van der Waals surface area (Å²) in [5, 5.41) is 0.653. The van der Waals surface area contributed by atoms with Crippen LogP contribution in [0.15, 0.2) is 106 Å². The average molecular weight is 813 g/mol. The molecule has 0 amide bonds. The molecule has 0 unspecified atom stereocenters. The van der Waals surface area contributed by atoms with Crippen LogP contribution < -0.4 is 19.6 Å². The van der Waals surface area contributed by atoms with Crippen molar-refractivity contribution in [1.82, 2.24) is 4.57 Å². The predicted octanol–water partition coefficient (Wildman–Crippen LogP) is 7.76. The monoisotopic (exact) mass is 812 g/mol. The van der Waals surface area contributed by atoms with E-state index in [1.54, 1.807) is 0 Å². The second kappa shape index (κ2) is 11.7. The minimum absolute atomic E-state index is 0.0523. The van der Waals surface area contributed by atoms with Crippen LogP contribution in [0, 0.1) is 7.14 Å². The first kappa shape index (κ1) is 28.1. The van der Waals surface area contributed by atoms with Gasteiger partial charge in [0.15, 0.2) is 4.80 Å². The Bertz CT molecular complexity index is 2040. The molecule has 0 radical (unpaired) electrons. The first-order valence-corrected chi connectivity index (χ1v) is 16.9. The number of hydrogen-bond acceptors (Lipinski definition) is 4. The molecule has 5 aromatic rings. The second-order valence-corrected chi connectivity index (χ2v) is 14.0. The maximum atomic E-state index is 14.1. The highest BCUT2D eigenvalue weighted by Crippen LogP contribution is 2.42. The van der Waals surface area contributed by atoms with Crippen LogP contribution in [-0.2, 0) is 13.0 Å². The number of nitrogens with zero attached hydrogens (tertiary/aromatic N) is 2. The van der Waals surface area contributed by atoms with Gasteiger partial charge in [0.05, 0.1) is 23.4 Å². The van der Waals surface area contributed by atoms with Crippen molar-refractivity contribution < 1.29 is 4.74 Å². The number of ether oxygens (including phenoxy) is 1. The summed E-state index contributed by atoms with van der Waals surface area (Å²) in [6.45, 7) is 0.501. The van der Waals surface area contributed by atoms with Gasteiger partial charge < -0.3 is 4.74 Å². The van der Waals surface area contributed by atoms with Crippen molar-refractivity contribution in [3.8, 4) is 5.75 Å². The second-order valence-electron chi connectivity index (χ2n) is 10.2. The molecule has 1 aliphatic heterocycles. The number of fused-ring (bicyclic) bond motifs is 3. The fourth-order valence-electron chi connectivity index (χ4n) is 5.68. The minimum Gasteiger partial charge on any atom is -0.487 e. The number of thiazole rings is 1. The molecule has 42 heavy (non-hydrogen) atoms. The Morgan fingerprint density at radius 1 is 0.952 bits per heavy atom. The molecule has 4 aromatic carbocycles. The summed E-state index contributed by atoms with van der Waals surface area (Å²) in [6, 6.07) is 30.2. The molecule has 8 heteroatoms. The molecule has 1 atom stereocenters. The lowest BCUT2D eigenvalue weighted by atomic mass is 9.83. The molecular formula is C34H23ClI2N2O2S. The Balaban J connectivity index is 1.34. The molecule has 0 saturated heterocycles. The number of aryl methyl sites for hydroxylation is 1. The van der Waals surface area contributed by atoms with Gasteiger partial charge in [0.2, 0.25) is 0 Å². The normalized spacial score (nSPS) is 16.0.